The molecule has 1 aliphatic heterocycles. The molecule has 0 saturated carbocycles. The van der Waals surface area contributed by atoms with Gasteiger partial charge in [0.05, 0.1) is 6.17 Å². The van der Waals surface area contributed by atoms with E-state index >= 15 is 0 Å². The van der Waals surface area contributed by atoms with Gasteiger partial charge in [0.2, 0.25) is 0 Å². The van der Waals surface area contributed by atoms with Crippen LogP contribution in [-0.4, -0.2) is 24.7 Å². The van der Waals surface area contributed by atoms with E-state index in [1.807, 2.05) is 7.05 Å². The quantitative estimate of drug-likeness (QED) is 0.782. The first kappa shape index (κ1) is 9.69. The van der Waals surface area contributed by atoms with E-state index in [2.05, 4.69) is 40.5 Å². The third-order valence-corrected chi connectivity index (χ3v) is 2.93. The average Bonchev–Trinajstić information content (AvgIpc) is 2.67. The summed E-state index contributed by atoms with van der Waals surface area (Å²) >= 11 is 0. The number of benzene rings is 1. The van der Waals surface area contributed by atoms with Crippen molar-refractivity contribution >= 4 is 0 Å². The van der Waals surface area contributed by atoms with Crippen molar-refractivity contribution in [3.8, 4) is 0 Å². The van der Waals surface area contributed by atoms with Crippen molar-refractivity contribution in [1.29, 1.82) is 0 Å². The normalized spacial score (nSPS) is 22.8. The van der Waals surface area contributed by atoms with Crippen molar-refractivity contribution in [3.63, 3.8) is 0 Å². The van der Waals surface area contributed by atoms with Crippen molar-refractivity contribution in [1.82, 2.24) is 10.2 Å². The molecule has 1 atom stereocenters. The molecule has 1 aliphatic rings. The van der Waals surface area contributed by atoms with Gasteiger partial charge >= 0.3 is 0 Å². The summed E-state index contributed by atoms with van der Waals surface area (Å²) in [6.45, 7) is 2.30. The summed E-state index contributed by atoms with van der Waals surface area (Å²) in [4.78, 5) is 2.51. The van der Waals surface area contributed by atoms with Crippen LogP contribution in [0.25, 0.3) is 0 Å². The molecule has 76 valence electrons. The van der Waals surface area contributed by atoms with Crippen LogP contribution in [0, 0.1) is 0 Å². The van der Waals surface area contributed by atoms with E-state index in [0.29, 0.717) is 6.17 Å². The lowest BCUT2D eigenvalue weighted by molar-refractivity contribution is 0.220. The van der Waals surface area contributed by atoms with Gasteiger partial charge in [0, 0.05) is 13.1 Å². The van der Waals surface area contributed by atoms with E-state index in [4.69, 9.17) is 0 Å². The molecule has 1 aromatic rings. The van der Waals surface area contributed by atoms with Crippen molar-refractivity contribution in [2.24, 2.45) is 0 Å². The second-order valence-electron chi connectivity index (χ2n) is 3.90. The Balaban J connectivity index is 1.97. The van der Waals surface area contributed by atoms with Gasteiger partial charge in [-0.15, -0.1) is 0 Å². The fourth-order valence-corrected chi connectivity index (χ4v) is 2.16. The highest BCUT2D eigenvalue weighted by Gasteiger charge is 2.22. The molecule has 2 rings (SSSR count). The number of hydrogen-bond donors (Lipinski definition) is 1. The number of hydrogen-bond acceptors (Lipinski definition) is 2. The number of likely N-dealkylation sites (tertiary alicyclic amines) is 1. The fraction of sp³-hybridized carbons (Fsp3) is 0.500. The smallest absolute Gasteiger partial charge is 0.0598 e. The summed E-state index contributed by atoms with van der Waals surface area (Å²) in [5, 5.41) is 3.36. The van der Waals surface area contributed by atoms with E-state index in [9.17, 15) is 0 Å². The average molecular weight is 190 g/mol. The van der Waals surface area contributed by atoms with Gasteiger partial charge in [0.15, 0.2) is 0 Å². The molecule has 1 saturated heterocycles. The van der Waals surface area contributed by atoms with Crippen LogP contribution >= 0.6 is 0 Å². The minimum absolute atomic E-state index is 0.579. The molecular weight excluding hydrogens is 172 g/mol. The zero-order chi connectivity index (χ0) is 9.80. The molecule has 1 fully saturated rings. The van der Waals surface area contributed by atoms with E-state index < -0.39 is 0 Å². The lowest BCUT2D eigenvalue weighted by atomic mass is 10.2. The van der Waals surface area contributed by atoms with Gasteiger partial charge in [0.1, 0.15) is 0 Å². The van der Waals surface area contributed by atoms with Crippen LogP contribution in [-0.2, 0) is 6.54 Å². The Morgan fingerprint density at radius 2 is 2.14 bits per heavy atom. The molecule has 0 bridgehead atoms. The minimum atomic E-state index is 0.579. The minimum Gasteiger partial charge on any atom is -0.305 e. The van der Waals surface area contributed by atoms with Crippen LogP contribution in [0.5, 0.6) is 0 Å². The molecule has 0 spiro atoms. The van der Waals surface area contributed by atoms with Crippen LogP contribution in [0.1, 0.15) is 18.4 Å². The third kappa shape index (κ3) is 2.14. The lowest BCUT2D eigenvalue weighted by Crippen LogP contribution is -2.38. The Kier molecular flexibility index (Phi) is 3.17. The third-order valence-electron chi connectivity index (χ3n) is 2.93. The van der Waals surface area contributed by atoms with Crippen LogP contribution in [0.4, 0.5) is 0 Å². The summed E-state index contributed by atoms with van der Waals surface area (Å²) in [6.07, 6.45) is 3.18. The zero-order valence-corrected chi connectivity index (χ0v) is 8.74. The predicted molar refractivity (Wildman–Crippen MR) is 58.9 cm³/mol. The van der Waals surface area contributed by atoms with Crippen molar-refractivity contribution in [2.45, 2.75) is 25.6 Å². The molecule has 2 heteroatoms. The van der Waals surface area contributed by atoms with Crippen molar-refractivity contribution in [3.05, 3.63) is 35.9 Å². The molecule has 0 aliphatic carbocycles. The molecule has 0 amide bonds. The van der Waals surface area contributed by atoms with Gasteiger partial charge in [-0.25, -0.2) is 0 Å². The molecule has 0 unspecified atom stereocenters. The van der Waals surface area contributed by atoms with Gasteiger partial charge < -0.3 is 5.32 Å². The van der Waals surface area contributed by atoms with Crippen LogP contribution in [0.15, 0.2) is 30.3 Å². The van der Waals surface area contributed by atoms with Crippen LogP contribution < -0.4 is 5.32 Å². The first-order chi connectivity index (χ1) is 6.90. The van der Waals surface area contributed by atoms with Gasteiger partial charge in [-0.3, -0.25) is 4.90 Å². The summed E-state index contributed by atoms with van der Waals surface area (Å²) in [5.41, 5.74) is 1.41. The molecule has 1 aromatic carbocycles. The molecule has 1 heterocycles. The summed E-state index contributed by atoms with van der Waals surface area (Å²) < 4.78 is 0. The second kappa shape index (κ2) is 4.58. The van der Waals surface area contributed by atoms with Crippen molar-refractivity contribution in [2.75, 3.05) is 13.6 Å². The van der Waals surface area contributed by atoms with Gasteiger partial charge in [-0.2, -0.15) is 0 Å². The molecular formula is C12H18N2. The second-order valence-corrected chi connectivity index (χ2v) is 3.90. The topological polar surface area (TPSA) is 15.3 Å². The van der Waals surface area contributed by atoms with Gasteiger partial charge in [0.25, 0.3) is 0 Å². The molecule has 14 heavy (non-hydrogen) atoms. The Morgan fingerprint density at radius 3 is 2.86 bits per heavy atom. The molecule has 1 N–H and O–H groups in total. The summed E-state index contributed by atoms with van der Waals surface area (Å²) in [6, 6.07) is 10.7. The maximum Gasteiger partial charge on any atom is 0.0598 e. The largest absolute Gasteiger partial charge is 0.305 e. The van der Waals surface area contributed by atoms with Gasteiger partial charge in [-0.05, 0) is 25.5 Å². The number of nitrogens with one attached hydrogen (secondary N) is 1. The lowest BCUT2D eigenvalue weighted by Gasteiger charge is -2.23. The standard InChI is InChI=1S/C12H18N2/c1-13-12-8-5-9-14(12)10-11-6-3-2-4-7-11/h2-4,6-7,12-13H,5,8-10H2,1H3/t12-/m0/s1. The highest BCUT2D eigenvalue weighted by Crippen LogP contribution is 2.17. The monoisotopic (exact) mass is 190 g/mol. The van der Waals surface area contributed by atoms with E-state index in [0.717, 1.165) is 6.54 Å². The first-order valence-electron chi connectivity index (χ1n) is 5.35. The zero-order valence-electron chi connectivity index (χ0n) is 8.74. The van der Waals surface area contributed by atoms with E-state index in [1.54, 1.807) is 0 Å². The molecule has 0 aromatic heterocycles. The number of rotatable bonds is 3. The first-order valence-corrected chi connectivity index (χ1v) is 5.35. The Hall–Kier alpha value is -0.860. The predicted octanol–water partition coefficient (Wildman–Crippen LogP) is 1.83. The number of nitrogens with zero attached hydrogens (tertiary/aromatic N) is 1. The van der Waals surface area contributed by atoms with E-state index in [-0.39, 0.29) is 0 Å². The Bertz CT molecular complexity index is 271. The Morgan fingerprint density at radius 1 is 1.36 bits per heavy atom. The van der Waals surface area contributed by atoms with Crippen LogP contribution in [0.3, 0.4) is 0 Å². The van der Waals surface area contributed by atoms with Crippen LogP contribution in [0.2, 0.25) is 0 Å². The molecule has 0 radical (unpaired) electrons. The van der Waals surface area contributed by atoms with Crippen molar-refractivity contribution < 1.29 is 0 Å². The highest BCUT2D eigenvalue weighted by atomic mass is 15.3. The Labute approximate surface area is 85.9 Å². The van der Waals surface area contributed by atoms with E-state index in [1.165, 1.54) is 24.9 Å². The maximum atomic E-state index is 3.36. The maximum absolute atomic E-state index is 3.36. The summed E-state index contributed by atoms with van der Waals surface area (Å²) in [7, 11) is 2.05. The highest BCUT2D eigenvalue weighted by molar-refractivity contribution is 5.14. The van der Waals surface area contributed by atoms with Gasteiger partial charge in [-0.1, -0.05) is 30.3 Å². The SMILES string of the molecule is CN[C@@H]1CCCN1Cc1ccccc1. The molecule has 2 nitrogen and oxygen atoms in total. The fourth-order valence-electron chi connectivity index (χ4n) is 2.16. The summed E-state index contributed by atoms with van der Waals surface area (Å²) in [5.74, 6) is 0.